The quantitative estimate of drug-likeness (QED) is 0.561. The van der Waals surface area contributed by atoms with Gasteiger partial charge in [-0.05, 0) is 50.4 Å². The van der Waals surface area contributed by atoms with Crippen LogP contribution in [-0.4, -0.2) is 97.1 Å². The van der Waals surface area contributed by atoms with Crippen LogP contribution < -0.4 is 9.64 Å². The van der Waals surface area contributed by atoms with Crippen molar-refractivity contribution in [2.24, 2.45) is 0 Å². The second-order valence-corrected chi connectivity index (χ2v) is 14.0. The van der Waals surface area contributed by atoms with Gasteiger partial charge in [-0.2, -0.15) is 15.2 Å². The average molecular weight is 581 g/mol. The summed E-state index contributed by atoms with van der Waals surface area (Å²) in [5, 5.41) is 19.1. The predicted molar refractivity (Wildman–Crippen MR) is 152 cm³/mol. The van der Waals surface area contributed by atoms with Gasteiger partial charge in [0, 0.05) is 43.1 Å². The van der Waals surface area contributed by atoms with Crippen molar-refractivity contribution < 1.29 is 23.1 Å². The molecule has 1 amide bonds. The number of hydrogen-bond donors (Lipinski definition) is 1. The Bertz CT molecular complexity index is 1490. The number of piperazine rings is 1. The first-order valence-corrected chi connectivity index (χ1v) is 16.1. The molecule has 0 saturated carbocycles. The number of aromatic nitrogens is 2. The van der Waals surface area contributed by atoms with E-state index < -0.39 is 27.4 Å². The minimum Gasteiger partial charge on any atom is -0.465 e. The number of hydrogen-bond acceptors (Lipinski definition) is 9. The van der Waals surface area contributed by atoms with E-state index in [2.05, 4.69) is 29.0 Å². The van der Waals surface area contributed by atoms with Crippen LogP contribution in [0, 0.1) is 11.3 Å². The number of rotatable bonds is 5. The van der Waals surface area contributed by atoms with E-state index in [0.717, 1.165) is 41.8 Å². The van der Waals surface area contributed by atoms with Gasteiger partial charge in [-0.25, -0.2) is 13.2 Å². The number of amides is 1. The Kier molecular flexibility index (Phi) is 7.28. The van der Waals surface area contributed by atoms with Gasteiger partial charge >= 0.3 is 12.1 Å². The Morgan fingerprint density at radius 3 is 2.80 bits per heavy atom. The van der Waals surface area contributed by atoms with Gasteiger partial charge in [-0.3, -0.25) is 0 Å². The summed E-state index contributed by atoms with van der Waals surface area (Å²) in [5.74, 6) is 0.851. The molecule has 12 heteroatoms. The maximum Gasteiger partial charge on any atom is 0.407 e. The molecule has 2 fully saturated rings. The third-order valence-electron chi connectivity index (χ3n) is 9.30. The van der Waals surface area contributed by atoms with Crippen molar-refractivity contribution in [1.29, 1.82) is 5.26 Å². The minimum absolute atomic E-state index is 0.0597. The molecule has 41 heavy (non-hydrogen) atoms. The summed E-state index contributed by atoms with van der Waals surface area (Å²) in [7, 11) is -1.20. The van der Waals surface area contributed by atoms with Crippen LogP contribution in [0.3, 0.4) is 0 Å². The third-order valence-corrected chi connectivity index (χ3v) is 11.0. The molecule has 2 saturated heterocycles. The van der Waals surface area contributed by atoms with Gasteiger partial charge in [-0.1, -0.05) is 24.3 Å². The molecule has 2 aromatic rings. The molecule has 1 N–H and O–H groups in total. The number of ether oxygens (including phenoxy) is 1. The molecular formula is C29H36N6O5S. The van der Waals surface area contributed by atoms with Gasteiger partial charge in [0.2, 0.25) is 0 Å². The molecule has 1 unspecified atom stereocenters. The first kappa shape index (κ1) is 27.7. The number of sulfone groups is 1. The number of likely N-dealkylation sites (tertiary alicyclic amines) is 1. The summed E-state index contributed by atoms with van der Waals surface area (Å²) in [6.45, 7) is 2.52. The second-order valence-electron chi connectivity index (χ2n) is 11.9. The van der Waals surface area contributed by atoms with Crippen molar-refractivity contribution >= 4 is 21.7 Å². The van der Waals surface area contributed by atoms with E-state index in [1.165, 1.54) is 4.90 Å². The highest BCUT2D eigenvalue weighted by atomic mass is 32.2. The molecule has 11 nitrogen and oxygen atoms in total. The molecule has 3 atom stereocenters. The van der Waals surface area contributed by atoms with Crippen LogP contribution in [0.15, 0.2) is 24.3 Å². The fraction of sp³-hybridized carbons (Fsp3) is 0.586. The van der Waals surface area contributed by atoms with Gasteiger partial charge in [0.25, 0.3) is 0 Å². The summed E-state index contributed by atoms with van der Waals surface area (Å²) >= 11 is 0. The molecule has 0 bridgehead atoms. The fourth-order valence-corrected chi connectivity index (χ4v) is 9.31. The number of anilines is 1. The number of fused-ring (bicyclic) bond motifs is 3. The van der Waals surface area contributed by atoms with Gasteiger partial charge in [0.1, 0.15) is 12.4 Å². The number of benzene rings is 1. The van der Waals surface area contributed by atoms with E-state index in [1.54, 1.807) is 0 Å². The first-order chi connectivity index (χ1) is 19.7. The van der Waals surface area contributed by atoms with Crippen molar-refractivity contribution in [1.82, 2.24) is 19.8 Å². The molecule has 6 rings (SSSR count). The van der Waals surface area contributed by atoms with Crippen molar-refractivity contribution in [3.8, 4) is 12.1 Å². The first-order valence-electron chi connectivity index (χ1n) is 14.3. The van der Waals surface area contributed by atoms with Gasteiger partial charge < -0.3 is 24.5 Å². The summed E-state index contributed by atoms with van der Waals surface area (Å²) in [4.78, 5) is 27.3. The highest BCUT2D eigenvalue weighted by Gasteiger charge is 2.46. The van der Waals surface area contributed by atoms with Crippen LogP contribution in [0.4, 0.5) is 10.6 Å². The number of nitriles is 1. The summed E-state index contributed by atoms with van der Waals surface area (Å²) in [6.07, 6.45) is 2.93. The molecule has 1 aliphatic carbocycles. The fourth-order valence-electron chi connectivity index (χ4n) is 7.24. The molecule has 0 radical (unpaired) electrons. The monoisotopic (exact) mass is 580 g/mol. The minimum atomic E-state index is -3.29. The van der Waals surface area contributed by atoms with Crippen LogP contribution in [-0.2, 0) is 33.8 Å². The summed E-state index contributed by atoms with van der Waals surface area (Å²) in [5.41, 5.74) is 3.13. The number of carbonyl (C=O) groups is 1. The molecule has 218 valence electrons. The Balaban J connectivity index is 1.38. The standard InChI is InChI=1S/C29H36N6O5S/c1-33-12-4-6-22(33)17-40-27-31-25-15-29(19-41(38,39)18-20-5-2-3-7-24(20)29)10-8-23(25)26(32-27)34-13-14-35(28(36)37)21(16-34)9-11-30/h2-3,5,7,21-22H,4,6,8-10,12-19H2,1H3,(H,36,37)/t21-,22-,29?/m0/s1. The Hall–Kier alpha value is -3.43. The number of carboxylic acid groups (broad SMARTS) is 1. The SMILES string of the molecule is CN1CCC[C@H]1COc1nc2c(c(N3CCN(C(=O)O)[C@@H](CC#N)C3)n1)CCC1(C2)CS(=O)(=O)Cc2ccccc21. The second kappa shape index (κ2) is 10.8. The normalized spacial score (nSPS) is 27.2. The van der Waals surface area contributed by atoms with Gasteiger partial charge in [0.05, 0.1) is 35.7 Å². The van der Waals surface area contributed by atoms with Crippen molar-refractivity contribution in [3.05, 3.63) is 46.6 Å². The van der Waals surface area contributed by atoms with Crippen LogP contribution in [0.25, 0.3) is 0 Å². The van der Waals surface area contributed by atoms with Crippen LogP contribution in [0.5, 0.6) is 6.01 Å². The van der Waals surface area contributed by atoms with Crippen LogP contribution in [0.2, 0.25) is 0 Å². The average Bonchev–Trinajstić information content (AvgIpc) is 3.35. The zero-order chi connectivity index (χ0) is 28.8. The zero-order valence-electron chi connectivity index (χ0n) is 23.3. The molecule has 1 spiro atoms. The molecule has 1 aromatic heterocycles. The molecule has 3 aliphatic heterocycles. The van der Waals surface area contributed by atoms with E-state index in [-0.39, 0.29) is 36.5 Å². The van der Waals surface area contributed by atoms with Gasteiger partial charge in [0.15, 0.2) is 9.84 Å². The maximum absolute atomic E-state index is 13.1. The molecular weight excluding hydrogens is 544 g/mol. The Morgan fingerprint density at radius 2 is 2.05 bits per heavy atom. The topological polar surface area (TPSA) is 140 Å². The third kappa shape index (κ3) is 5.33. The highest BCUT2D eigenvalue weighted by molar-refractivity contribution is 7.90. The summed E-state index contributed by atoms with van der Waals surface area (Å²) < 4.78 is 32.4. The van der Waals surface area contributed by atoms with Crippen molar-refractivity contribution in [3.63, 3.8) is 0 Å². The Morgan fingerprint density at radius 1 is 1.22 bits per heavy atom. The van der Waals surface area contributed by atoms with E-state index in [0.29, 0.717) is 44.8 Å². The summed E-state index contributed by atoms with van der Waals surface area (Å²) in [6, 6.07) is 10.0. The smallest absolute Gasteiger partial charge is 0.407 e. The van der Waals surface area contributed by atoms with Crippen molar-refractivity contribution in [2.45, 2.75) is 61.8 Å². The van der Waals surface area contributed by atoms with E-state index in [1.807, 2.05) is 18.2 Å². The van der Waals surface area contributed by atoms with E-state index in [4.69, 9.17) is 14.7 Å². The Labute approximate surface area is 240 Å². The lowest BCUT2D eigenvalue weighted by Crippen LogP contribution is -2.55. The van der Waals surface area contributed by atoms with Crippen LogP contribution in [0.1, 0.15) is 48.1 Å². The van der Waals surface area contributed by atoms with E-state index in [9.17, 15) is 23.6 Å². The predicted octanol–water partition coefficient (Wildman–Crippen LogP) is 2.39. The maximum atomic E-state index is 13.1. The largest absolute Gasteiger partial charge is 0.465 e. The molecule has 4 aliphatic rings. The van der Waals surface area contributed by atoms with E-state index >= 15 is 0 Å². The number of likely N-dealkylation sites (N-methyl/N-ethyl adjacent to an activating group) is 1. The van der Waals surface area contributed by atoms with Crippen LogP contribution >= 0.6 is 0 Å². The molecule has 1 aromatic carbocycles. The highest BCUT2D eigenvalue weighted by Crippen LogP contribution is 2.46. The van der Waals surface area contributed by atoms with Gasteiger partial charge in [-0.15, -0.1) is 0 Å². The molecule has 4 heterocycles. The lowest BCUT2D eigenvalue weighted by atomic mass is 9.68. The van der Waals surface area contributed by atoms with Crippen molar-refractivity contribution in [2.75, 3.05) is 50.5 Å². The lowest BCUT2D eigenvalue weighted by Gasteiger charge is -2.44. The zero-order valence-corrected chi connectivity index (χ0v) is 24.1. The lowest BCUT2D eigenvalue weighted by molar-refractivity contribution is 0.118. The number of nitrogens with zero attached hydrogens (tertiary/aromatic N) is 6.